The molecule has 7 heteroatoms. The van der Waals surface area contributed by atoms with Crippen molar-refractivity contribution in [3.05, 3.63) is 54.1 Å². The molecule has 1 N–H and O–H groups in total. The number of nitrogens with one attached hydrogen (secondary N) is 1. The minimum atomic E-state index is -3.74. The number of hydrogen-bond donors (Lipinski definition) is 1. The summed E-state index contributed by atoms with van der Waals surface area (Å²) >= 11 is 0. The van der Waals surface area contributed by atoms with Gasteiger partial charge in [0.05, 0.1) is 24.3 Å². The lowest BCUT2D eigenvalue weighted by molar-refractivity contribution is 0.270. The zero-order chi connectivity index (χ0) is 19.0. The third kappa shape index (κ3) is 5.77. The van der Waals surface area contributed by atoms with Crippen molar-refractivity contribution in [2.45, 2.75) is 25.7 Å². The molecule has 6 nitrogen and oxygen atoms in total. The largest absolute Gasteiger partial charge is 0.494 e. The fourth-order valence-corrected chi connectivity index (χ4v) is 2.87. The summed E-state index contributed by atoms with van der Waals surface area (Å²) in [6.45, 7) is 7.07. The Bertz CT molecular complexity index is 831. The van der Waals surface area contributed by atoms with Gasteiger partial charge < -0.3 is 9.47 Å². The quantitative estimate of drug-likeness (QED) is 0.537. The maximum absolute atomic E-state index is 12.3. The minimum Gasteiger partial charge on any atom is -0.494 e. The van der Waals surface area contributed by atoms with E-state index in [1.165, 1.54) is 18.3 Å². The van der Waals surface area contributed by atoms with Crippen molar-refractivity contribution in [2.75, 3.05) is 13.2 Å². The first-order valence-corrected chi connectivity index (χ1v) is 9.90. The predicted molar refractivity (Wildman–Crippen MR) is 102 cm³/mol. The van der Waals surface area contributed by atoms with Gasteiger partial charge in [-0.25, -0.2) is 4.83 Å². The summed E-state index contributed by atoms with van der Waals surface area (Å²) in [6, 6.07) is 13.5. The number of sulfonamides is 1. The lowest BCUT2D eigenvalue weighted by Gasteiger charge is -2.10. The zero-order valence-electron chi connectivity index (χ0n) is 15.2. The Morgan fingerprint density at radius 2 is 1.77 bits per heavy atom. The normalized spacial score (nSPS) is 11.7. The van der Waals surface area contributed by atoms with Gasteiger partial charge in [0.15, 0.2) is 0 Å². The highest BCUT2D eigenvalue weighted by Crippen LogP contribution is 2.18. The number of hydrazone groups is 1. The van der Waals surface area contributed by atoms with Crippen LogP contribution in [0.3, 0.4) is 0 Å². The molecule has 0 aromatic heterocycles. The Labute approximate surface area is 154 Å². The zero-order valence-corrected chi connectivity index (χ0v) is 16.0. The molecular weight excluding hydrogens is 352 g/mol. The summed E-state index contributed by atoms with van der Waals surface area (Å²) in [7, 11) is -3.74. The van der Waals surface area contributed by atoms with Crippen LogP contribution in [0, 0.1) is 5.92 Å². The molecule has 26 heavy (non-hydrogen) atoms. The highest BCUT2D eigenvalue weighted by molar-refractivity contribution is 7.89. The summed E-state index contributed by atoms with van der Waals surface area (Å²) < 4.78 is 35.6. The van der Waals surface area contributed by atoms with Gasteiger partial charge in [-0.2, -0.15) is 13.5 Å². The van der Waals surface area contributed by atoms with E-state index in [9.17, 15) is 8.42 Å². The van der Waals surface area contributed by atoms with Gasteiger partial charge in [0.25, 0.3) is 10.0 Å². The van der Waals surface area contributed by atoms with Crippen molar-refractivity contribution in [2.24, 2.45) is 11.0 Å². The first-order valence-electron chi connectivity index (χ1n) is 8.42. The van der Waals surface area contributed by atoms with Gasteiger partial charge in [0.2, 0.25) is 0 Å². The Morgan fingerprint density at radius 3 is 2.42 bits per heavy atom. The highest BCUT2D eigenvalue weighted by Gasteiger charge is 2.12. The summed E-state index contributed by atoms with van der Waals surface area (Å²) in [4.78, 5) is 2.33. The van der Waals surface area contributed by atoms with E-state index in [4.69, 9.17) is 9.47 Å². The highest BCUT2D eigenvalue weighted by atomic mass is 32.2. The second-order valence-corrected chi connectivity index (χ2v) is 7.66. The lowest BCUT2D eigenvalue weighted by Crippen LogP contribution is -2.18. The summed E-state index contributed by atoms with van der Waals surface area (Å²) in [5.74, 6) is 1.66. The molecule has 2 rings (SSSR count). The van der Waals surface area contributed by atoms with E-state index in [0.717, 1.165) is 0 Å². The SMILES string of the molecule is CCOc1ccc(S(=O)(=O)N/N=C/c2ccccc2OCC(C)C)cc1. The molecule has 0 saturated heterocycles. The molecule has 0 radical (unpaired) electrons. The number of hydrogen-bond acceptors (Lipinski definition) is 5. The third-order valence-electron chi connectivity index (χ3n) is 3.31. The van der Waals surface area contributed by atoms with E-state index in [1.807, 2.05) is 31.2 Å². The molecule has 2 aromatic carbocycles. The topological polar surface area (TPSA) is 77.0 Å². The number of para-hydroxylation sites is 1. The van der Waals surface area contributed by atoms with E-state index >= 15 is 0 Å². The lowest BCUT2D eigenvalue weighted by atomic mass is 10.2. The predicted octanol–water partition coefficient (Wildman–Crippen LogP) is 3.43. The van der Waals surface area contributed by atoms with Crippen LogP contribution in [0.2, 0.25) is 0 Å². The molecule has 0 aliphatic carbocycles. The fraction of sp³-hybridized carbons (Fsp3) is 0.316. The molecule has 0 aliphatic rings. The van der Waals surface area contributed by atoms with Crippen molar-refractivity contribution in [1.29, 1.82) is 0 Å². The van der Waals surface area contributed by atoms with Crippen molar-refractivity contribution in [3.63, 3.8) is 0 Å². The molecular formula is C19H24N2O4S. The van der Waals surface area contributed by atoms with Crippen LogP contribution in [-0.4, -0.2) is 27.8 Å². The van der Waals surface area contributed by atoms with Crippen molar-refractivity contribution in [3.8, 4) is 11.5 Å². The standard InChI is InChI=1S/C19H24N2O4S/c1-4-24-17-9-11-18(12-10-17)26(22,23)21-20-13-16-7-5-6-8-19(16)25-14-15(2)3/h5-13,15,21H,4,14H2,1-3H3/b20-13+. The third-order valence-corrected chi connectivity index (χ3v) is 4.55. The fourth-order valence-electron chi connectivity index (χ4n) is 2.07. The Morgan fingerprint density at radius 1 is 1.08 bits per heavy atom. The first kappa shape index (κ1) is 19.8. The molecule has 0 heterocycles. The molecule has 0 unspecified atom stereocenters. The van der Waals surface area contributed by atoms with Crippen LogP contribution in [-0.2, 0) is 10.0 Å². The van der Waals surface area contributed by atoms with E-state index in [0.29, 0.717) is 36.2 Å². The van der Waals surface area contributed by atoms with Crippen molar-refractivity contribution in [1.82, 2.24) is 4.83 Å². The van der Waals surface area contributed by atoms with Gasteiger partial charge in [-0.15, -0.1) is 0 Å². The van der Waals surface area contributed by atoms with Crippen LogP contribution in [0.15, 0.2) is 58.5 Å². The molecule has 0 amide bonds. The van der Waals surface area contributed by atoms with Crippen LogP contribution >= 0.6 is 0 Å². The van der Waals surface area contributed by atoms with E-state index in [1.54, 1.807) is 12.1 Å². The first-order chi connectivity index (χ1) is 12.4. The van der Waals surface area contributed by atoms with Gasteiger partial charge in [0.1, 0.15) is 11.5 Å². The molecule has 0 fully saturated rings. The average molecular weight is 376 g/mol. The smallest absolute Gasteiger partial charge is 0.276 e. The van der Waals surface area contributed by atoms with Gasteiger partial charge in [-0.05, 0) is 49.2 Å². The van der Waals surface area contributed by atoms with Crippen LogP contribution in [0.5, 0.6) is 11.5 Å². The number of ether oxygens (including phenoxy) is 2. The van der Waals surface area contributed by atoms with Crippen molar-refractivity contribution >= 4 is 16.2 Å². The second-order valence-electron chi connectivity index (χ2n) is 6.00. The van der Waals surface area contributed by atoms with Crippen LogP contribution in [0.4, 0.5) is 0 Å². The van der Waals surface area contributed by atoms with Crippen LogP contribution in [0.1, 0.15) is 26.3 Å². The molecule has 0 aliphatic heterocycles. The Hall–Kier alpha value is -2.54. The number of nitrogens with zero attached hydrogens (tertiary/aromatic N) is 1. The molecule has 0 saturated carbocycles. The Balaban J connectivity index is 2.07. The summed E-state index contributed by atoms with van der Waals surface area (Å²) in [5.41, 5.74) is 0.697. The molecule has 0 spiro atoms. The second kappa shape index (κ2) is 9.24. The summed E-state index contributed by atoms with van der Waals surface area (Å²) in [6.07, 6.45) is 1.43. The van der Waals surface area contributed by atoms with Crippen LogP contribution < -0.4 is 14.3 Å². The monoisotopic (exact) mass is 376 g/mol. The molecule has 2 aromatic rings. The van der Waals surface area contributed by atoms with Gasteiger partial charge in [0, 0.05) is 5.56 Å². The molecule has 0 atom stereocenters. The van der Waals surface area contributed by atoms with E-state index < -0.39 is 10.0 Å². The van der Waals surface area contributed by atoms with Gasteiger partial charge >= 0.3 is 0 Å². The van der Waals surface area contributed by atoms with Gasteiger partial charge in [-0.1, -0.05) is 26.0 Å². The van der Waals surface area contributed by atoms with Gasteiger partial charge in [-0.3, -0.25) is 0 Å². The molecule has 140 valence electrons. The number of rotatable bonds is 9. The molecule has 0 bridgehead atoms. The van der Waals surface area contributed by atoms with E-state index in [2.05, 4.69) is 23.8 Å². The number of benzene rings is 2. The maximum atomic E-state index is 12.3. The van der Waals surface area contributed by atoms with E-state index in [-0.39, 0.29) is 4.90 Å². The maximum Gasteiger partial charge on any atom is 0.276 e. The van der Waals surface area contributed by atoms with Crippen LogP contribution in [0.25, 0.3) is 0 Å². The average Bonchev–Trinajstić information content (AvgIpc) is 2.61. The summed E-state index contributed by atoms with van der Waals surface area (Å²) in [5, 5.41) is 3.86. The minimum absolute atomic E-state index is 0.113. The Kier molecular flexibility index (Phi) is 7.03. The van der Waals surface area contributed by atoms with Crippen molar-refractivity contribution < 1.29 is 17.9 Å².